The Balaban J connectivity index is 0.000000219. The van der Waals surface area contributed by atoms with Gasteiger partial charge in [-0.25, -0.2) is 4.79 Å². The summed E-state index contributed by atoms with van der Waals surface area (Å²) in [5, 5.41) is 11.1. The number of hydrogen-bond donors (Lipinski definition) is 2. The standard InChI is InChI=1S/C11H13NO4.C7H8O/c1-14-9-4-2-3-5-10(9)15-7-8-6-12-11(13)16-8;8-6-7-4-2-1-3-5-7/h2-5,8H,6-7H2,1H3,(H,12,13);1-5,8H,6H2. The minimum Gasteiger partial charge on any atom is -0.493 e. The van der Waals surface area contributed by atoms with Gasteiger partial charge in [0.2, 0.25) is 0 Å². The highest BCUT2D eigenvalue weighted by atomic mass is 16.6. The molecule has 2 N–H and O–H groups in total. The number of methoxy groups -OCH3 is 1. The second-order valence-corrected chi connectivity index (χ2v) is 5.01. The number of carbonyl (C=O) groups is 1. The molecule has 1 saturated heterocycles. The Labute approximate surface area is 141 Å². The largest absolute Gasteiger partial charge is 0.493 e. The van der Waals surface area contributed by atoms with E-state index in [9.17, 15) is 4.79 Å². The Kier molecular flexibility index (Phi) is 6.91. The molecular weight excluding hydrogens is 310 g/mol. The number of aliphatic hydroxyl groups excluding tert-OH is 1. The predicted octanol–water partition coefficient (Wildman–Crippen LogP) is 2.36. The zero-order valence-electron chi connectivity index (χ0n) is 13.5. The number of amides is 1. The van der Waals surface area contributed by atoms with Gasteiger partial charge in [0.15, 0.2) is 17.6 Å². The van der Waals surface area contributed by atoms with Crippen LogP contribution in [-0.2, 0) is 11.3 Å². The first-order chi connectivity index (χ1) is 11.7. The number of ether oxygens (including phenoxy) is 3. The number of hydrogen-bond acceptors (Lipinski definition) is 5. The van der Waals surface area contributed by atoms with Crippen molar-refractivity contribution in [1.82, 2.24) is 5.32 Å². The molecular formula is C18H21NO5. The first-order valence-electron chi connectivity index (χ1n) is 7.58. The predicted molar refractivity (Wildman–Crippen MR) is 89.1 cm³/mol. The van der Waals surface area contributed by atoms with Crippen molar-refractivity contribution < 1.29 is 24.1 Å². The highest BCUT2D eigenvalue weighted by Crippen LogP contribution is 2.26. The van der Waals surface area contributed by atoms with Crippen LogP contribution in [0.15, 0.2) is 54.6 Å². The van der Waals surface area contributed by atoms with E-state index in [2.05, 4.69) is 5.32 Å². The third kappa shape index (κ3) is 5.48. The van der Waals surface area contributed by atoms with E-state index in [4.69, 9.17) is 19.3 Å². The molecule has 0 saturated carbocycles. The minimum atomic E-state index is -0.395. The fourth-order valence-corrected chi connectivity index (χ4v) is 2.03. The Morgan fingerprint density at radius 2 is 1.79 bits per heavy atom. The van der Waals surface area contributed by atoms with Crippen LogP contribution in [0, 0.1) is 0 Å². The molecule has 128 valence electrons. The van der Waals surface area contributed by atoms with Crippen molar-refractivity contribution in [2.75, 3.05) is 20.3 Å². The van der Waals surface area contributed by atoms with Gasteiger partial charge in [-0.3, -0.25) is 0 Å². The third-order valence-corrected chi connectivity index (χ3v) is 3.27. The molecule has 1 aliphatic rings. The normalized spacial score (nSPS) is 15.6. The van der Waals surface area contributed by atoms with Crippen molar-refractivity contribution in [2.45, 2.75) is 12.7 Å². The molecule has 1 unspecified atom stereocenters. The Morgan fingerprint density at radius 3 is 2.33 bits per heavy atom. The first-order valence-corrected chi connectivity index (χ1v) is 7.58. The molecule has 24 heavy (non-hydrogen) atoms. The lowest BCUT2D eigenvalue weighted by Crippen LogP contribution is -2.22. The number of cyclic esters (lactones) is 1. The molecule has 2 aromatic rings. The number of benzene rings is 2. The van der Waals surface area contributed by atoms with Gasteiger partial charge >= 0.3 is 6.09 Å². The molecule has 0 aromatic heterocycles. The maximum Gasteiger partial charge on any atom is 0.407 e. The number of rotatable bonds is 5. The minimum absolute atomic E-state index is 0.140. The molecule has 3 rings (SSSR count). The van der Waals surface area contributed by atoms with Gasteiger partial charge in [-0.2, -0.15) is 0 Å². The number of aliphatic hydroxyl groups is 1. The summed E-state index contributed by atoms with van der Waals surface area (Å²) >= 11 is 0. The fraction of sp³-hybridized carbons (Fsp3) is 0.278. The molecule has 1 heterocycles. The molecule has 6 nitrogen and oxygen atoms in total. The Bertz CT molecular complexity index is 632. The van der Waals surface area contributed by atoms with E-state index >= 15 is 0 Å². The van der Waals surface area contributed by atoms with Crippen LogP contribution in [0.25, 0.3) is 0 Å². The van der Waals surface area contributed by atoms with Gasteiger partial charge in [0, 0.05) is 0 Å². The zero-order valence-corrected chi connectivity index (χ0v) is 13.5. The monoisotopic (exact) mass is 331 g/mol. The van der Waals surface area contributed by atoms with Crippen molar-refractivity contribution in [3.8, 4) is 11.5 Å². The molecule has 1 atom stereocenters. The molecule has 1 amide bonds. The summed E-state index contributed by atoms with van der Waals surface area (Å²) in [7, 11) is 1.58. The van der Waals surface area contributed by atoms with E-state index in [0.29, 0.717) is 24.7 Å². The Hall–Kier alpha value is -2.73. The van der Waals surface area contributed by atoms with E-state index in [-0.39, 0.29) is 12.7 Å². The molecule has 6 heteroatoms. The third-order valence-electron chi connectivity index (χ3n) is 3.27. The van der Waals surface area contributed by atoms with Gasteiger partial charge in [-0.05, 0) is 17.7 Å². The second kappa shape index (κ2) is 9.42. The van der Waals surface area contributed by atoms with Crippen LogP contribution in [0.1, 0.15) is 5.56 Å². The summed E-state index contributed by atoms with van der Waals surface area (Å²) in [5.41, 5.74) is 0.965. The second-order valence-electron chi connectivity index (χ2n) is 5.01. The fourth-order valence-electron chi connectivity index (χ4n) is 2.03. The maximum atomic E-state index is 10.8. The van der Waals surface area contributed by atoms with Crippen LogP contribution < -0.4 is 14.8 Å². The Morgan fingerprint density at radius 1 is 1.12 bits per heavy atom. The molecule has 2 aromatic carbocycles. The van der Waals surface area contributed by atoms with Crippen molar-refractivity contribution >= 4 is 6.09 Å². The van der Waals surface area contributed by atoms with Gasteiger partial charge in [0.1, 0.15) is 6.61 Å². The maximum absolute atomic E-state index is 10.8. The zero-order chi connectivity index (χ0) is 17.2. The highest BCUT2D eigenvalue weighted by Gasteiger charge is 2.23. The van der Waals surface area contributed by atoms with Gasteiger partial charge in [-0.1, -0.05) is 42.5 Å². The van der Waals surface area contributed by atoms with Crippen molar-refractivity contribution in [1.29, 1.82) is 0 Å². The molecule has 1 fully saturated rings. The molecule has 0 aliphatic carbocycles. The summed E-state index contributed by atoms with van der Waals surface area (Å²) in [6.45, 7) is 0.938. The van der Waals surface area contributed by atoms with Crippen molar-refractivity contribution in [3.63, 3.8) is 0 Å². The lowest BCUT2D eigenvalue weighted by Gasteiger charge is -2.12. The van der Waals surface area contributed by atoms with Crippen LogP contribution >= 0.6 is 0 Å². The number of nitrogens with one attached hydrogen (secondary N) is 1. The quantitative estimate of drug-likeness (QED) is 0.879. The summed E-state index contributed by atoms with van der Waals surface area (Å²) in [5.74, 6) is 1.31. The molecule has 0 bridgehead atoms. The topological polar surface area (TPSA) is 77.0 Å². The smallest absolute Gasteiger partial charge is 0.407 e. The summed E-state index contributed by atoms with van der Waals surface area (Å²) in [4.78, 5) is 10.8. The van der Waals surface area contributed by atoms with Crippen molar-refractivity contribution in [2.24, 2.45) is 0 Å². The van der Waals surface area contributed by atoms with E-state index < -0.39 is 6.09 Å². The summed E-state index contributed by atoms with van der Waals surface area (Å²) in [6, 6.07) is 16.9. The first kappa shape index (κ1) is 17.6. The number of para-hydroxylation sites is 2. The summed E-state index contributed by atoms with van der Waals surface area (Å²) < 4.78 is 15.6. The van der Waals surface area contributed by atoms with Gasteiger partial charge < -0.3 is 24.6 Å². The summed E-state index contributed by atoms with van der Waals surface area (Å²) in [6.07, 6.45) is -0.633. The van der Waals surface area contributed by atoms with E-state index in [1.54, 1.807) is 7.11 Å². The van der Waals surface area contributed by atoms with Gasteiger partial charge in [-0.15, -0.1) is 0 Å². The van der Waals surface area contributed by atoms with E-state index in [1.165, 1.54) is 0 Å². The molecule has 0 radical (unpaired) electrons. The van der Waals surface area contributed by atoms with Crippen molar-refractivity contribution in [3.05, 3.63) is 60.2 Å². The average Bonchev–Trinajstić information content (AvgIpc) is 3.06. The highest BCUT2D eigenvalue weighted by molar-refractivity contribution is 5.69. The molecule has 0 spiro atoms. The van der Waals surface area contributed by atoms with E-state index in [1.807, 2.05) is 54.6 Å². The lowest BCUT2D eigenvalue weighted by molar-refractivity contribution is 0.103. The van der Waals surface area contributed by atoms with Crippen LogP contribution in [0.4, 0.5) is 4.79 Å². The average molecular weight is 331 g/mol. The number of alkyl carbamates (subject to hydrolysis) is 1. The molecule has 1 aliphatic heterocycles. The van der Waals surface area contributed by atoms with E-state index in [0.717, 1.165) is 5.56 Å². The van der Waals surface area contributed by atoms with Gasteiger partial charge in [0.25, 0.3) is 0 Å². The van der Waals surface area contributed by atoms with Crippen LogP contribution in [0.2, 0.25) is 0 Å². The van der Waals surface area contributed by atoms with Crippen LogP contribution in [-0.4, -0.2) is 37.6 Å². The van der Waals surface area contributed by atoms with Gasteiger partial charge in [0.05, 0.1) is 20.3 Å². The lowest BCUT2D eigenvalue weighted by atomic mass is 10.2. The van der Waals surface area contributed by atoms with Crippen LogP contribution in [0.5, 0.6) is 11.5 Å². The van der Waals surface area contributed by atoms with Crippen LogP contribution in [0.3, 0.4) is 0 Å². The SMILES string of the molecule is COc1ccccc1OCC1CNC(=O)O1.OCc1ccccc1. The number of carbonyl (C=O) groups excluding carboxylic acids is 1.